The van der Waals surface area contributed by atoms with Gasteiger partial charge in [-0.1, -0.05) is 42.5 Å². The molecule has 744 valence electrons. The Morgan fingerprint density at radius 3 is 0.910 bits per heavy atom. The van der Waals surface area contributed by atoms with Crippen molar-refractivity contribution in [3.8, 4) is 5.75 Å². The minimum absolute atomic E-state index is 0.0204. The Morgan fingerprint density at radius 1 is 0.291 bits per heavy atom. The van der Waals surface area contributed by atoms with Crippen LogP contribution in [0, 0.1) is 35.5 Å². The van der Waals surface area contributed by atoms with Gasteiger partial charge in [-0.25, -0.2) is 27.4 Å². The molecular formula is C82H120N16O36. The normalized spacial score (nSPS) is 13.6. The number of carbonyl (C=O) groups excluding carboxylic acids is 23. The van der Waals surface area contributed by atoms with Gasteiger partial charge in [-0.3, -0.25) is 132 Å². The van der Waals surface area contributed by atoms with E-state index < -0.39 is 368 Å². The number of nitrogens with two attached hydrogens (primary N) is 5. The van der Waals surface area contributed by atoms with Crippen molar-refractivity contribution in [3.63, 3.8) is 0 Å². The second-order valence-electron chi connectivity index (χ2n) is 31.1. The van der Waals surface area contributed by atoms with E-state index in [4.69, 9.17) is 39.0 Å². The third-order valence-electron chi connectivity index (χ3n) is 21.2. The Labute approximate surface area is 766 Å². The van der Waals surface area contributed by atoms with E-state index in [1.807, 2.05) is 0 Å². The van der Waals surface area contributed by atoms with Gasteiger partial charge in [0, 0.05) is 158 Å². The lowest BCUT2D eigenvalue weighted by molar-refractivity contribution is -0.147. The molecule has 12 atom stereocenters. The van der Waals surface area contributed by atoms with Crippen molar-refractivity contribution < 1.29 is 175 Å². The summed E-state index contributed by atoms with van der Waals surface area (Å²) in [6.45, 7) is 1.61. The van der Waals surface area contributed by atoms with Crippen molar-refractivity contribution in [1.29, 1.82) is 0 Å². The highest BCUT2D eigenvalue weighted by atomic mass is 16.7. The van der Waals surface area contributed by atoms with E-state index in [1.54, 1.807) is 30.3 Å². The zero-order chi connectivity index (χ0) is 100. The topological polar surface area (TPSA) is 841 Å². The minimum Gasteiger partial charge on any atom is -0.508 e. The average molecular weight is 1910 g/mol. The number of aromatic hydroxyl groups is 1. The molecule has 0 bridgehead atoms. The van der Waals surface area contributed by atoms with Crippen LogP contribution in [0.3, 0.4) is 0 Å². The number of carbonyl (C=O) groups is 23. The molecule has 0 aliphatic heterocycles. The average Bonchev–Trinajstić information content (AvgIpc) is 0.852. The standard InChI is InChI=1S/C82H120N16O36/c1-45(99)37-53(38-47-10-17-54(100)18-11-47)78(118)93-60(39-46-7-4-3-5-8-46)66(106)43-51(15-32-75(115)133-86)64(104)41-49(13-30-73(113)131-84)62(102)40-48(12-29-72(112)130-83)63(103)42-50(14-31-74(114)132-85)65(105)44-52(16-33-76(116)134-87)77(117)89-56(20-25-68(108)95-124)80(120)91-58(22-27-70(110)97-126)82(122)92-59(23-28-71(111)98-127)81(121)90-57(21-26-69(109)96-125)79(119)88-55(19-24-67(107)94-123)61(101)9-6-34-129-36-35-128-2/h3-5,7-8,10-11,17-18,48-53,55-60,100,123-127H,6,9,12-16,19-44,83-87H2,1-2H3,(H,88,119)(H,89,117)(H,90,121)(H,91,120)(H,92,122)(H,93,118)(H,94,107)(H,95,108)(H,96,109)(H,97,110)(H,98,111)/t48-,49-,50-,51-,52-,53+,55-,56-,57-,58-,59-,60-/m1/s1. The van der Waals surface area contributed by atoms with Crippen LogP contribution in [0.25, 0.3) is 0 Å². The molecule has 27 N–H and O–H groups in total. The number of hydrogen-bond acceptors (Lipinski definition) is 41. The molecule has 52 heteroatoms. The molecule has 0 saturated heterocycles. The summed E-state index contributed by atoms with van der Waals surface area (Å²) >= 11 is 0. The summed E-state index contributed by atoms with van der Waals surface area (Å²) in [5, 5.41) is 70.8. The van der Waals surface area contributed by atoms with Gasteiger partial charge in [0.2, 0.25) is 65.0 Å². The van der Waals surface area contributed by atoms with Gasteiger partial charge in [-0.05, 0) is 114 Å². The number of phenols is 1. The maximum atomic E-state index is 15.0. The summed E-state index contributed by atoms with van der Waals surface area (Å²) in [6.07, 6.45) is -20.2. The number of amides is 11. The maximum absolute atomic E-state index is 15.0. The van der Waals surface area contributed by atoms with E-state index >= 15 is 0 Å². The quantitative estimate of drug-likeness (QED) is 0.0170. The summed E-state index contributed by atoms with van der Waals surface area (Å²) in [4.78, 5) is 335. The smallest absolute Gasteiger partial charge is 0.324 e. The van der Waals surface area contributed by atoms with Crippen molar-refractivity contribution in [3.05, 3.63) is 65.7 Å². The van der Waals surface area contributed by atoms with Gasteiger partial charge in [-0.15, -0.1) is 0 Å². The van der Waals surface area contributed by atoms with Crippen molar-refractivity contribution in [2.75, 3.05) is 26.9 Å². The lowest BCUT2D eigenvalue weighted by Crippen LogP contribution is -2.59. The second-order valence-corrected chi connectivity index (χ2v) is 31.1. The Bertz CT molecular complexity index is 4300. The molecule has 0 aliphatic rings. The summed E-state index contributed by atoms with van der Waals surface area (Å²) < 4.78 is 10.3. The van der Waals surface area contributed by atoms with E-state index in [9.17, 15) is 141 Å². The third-order valence-corrected chi connectivity index (χ3v) is 21.2. The Hall–Kier alpha value is -13.0. The van der Waals surface area contributed by atoms with Crippen molar-refractivity contribution in [1.82, 2.24) is 59.3 Å². The van der Waals surface area contributed by atoms with E-state index in [0.717, 1.165) is 0 Å². The van der Waals surface area contributed by atoms with Gasteiger partial charge in [0.15, 0.2) is 11.6 Å². The number of nitrogens with one attached hydrogen (secondary N) is 11. The van der Waals surface area contributed by atoms with Crippen LogP contribution in [-0.2, 0) is 157 Å². The maximum Gasteiger partial charge on any atom is 0.324 e. The van der Waals surface area contributed by atoms with E-state index in [2.05, 4.69) is 56.1 Å². The molecule has 134 heavy (non-hydrogen) atoms. The SMILES string of the molecule is COCCOCCCC(=O)[C@@H](CCC(=O)NO)NC(=O)[C@@H](CCC(=O)NO)NC(=O)[C@@H](CCC(=O)NO)NC(=O)[C@@H](CCC(=O)NO)NC(=O)[C@@H](CCC(=O)NO)NC(=O)[C@H](CCC(=O)ON)CC(=O)[C@H](CCC(=O)ON)CC(=O)[C@H](CCC(=O)ON)CC(=O)[C@H](CCC(=O)ON)CC(=O)[C@H](CCC(=O)ON)CC(=O)[C@@H](Cc1ccccc1)NC(=O)[C@@H](CC(C)=O)Cc1ccc(O)cc1. The highest BCUT2D eigenvalue weighted by molar-refractivity contribution is 6.01. The molecule has 52 nitrogen and oxygen atoms in total. The zero-order valence-electron chi connectivity index (χ0n) is 73.8. The highest BCUT2D eigenvalue weighted by Crippen LogP contribution is 2.31. The number of ether oxygens (including phenoxy) is 2. The minimum atomic E-state index is -2.15. The lowest BCUT2D eigenvalue weighted by Gasteiger charge is -2.27. The molecule has 0 aromatic heterocycles. The Kier molecular flexibility index (Phi) is 57.2. The number of methoxy groups -OCH3 is 1. The summed E-state index contributed by atoms with van der Waals surface area (Å²) in [5.74, 6) is -9.55. The molecule has 0 spiro atoms. The van der Waals surface area contributed by atoms with Gasteiger partial charge in [0.05, 0.1) is 25.3 Å². The first-order valence-electron chi connectivity index (χ1n) is 42.3. The Balaban J connectivity index is 2.82. The number of benzene rings is 2. The van der Waals surface area contributed by atoms with Crippen LogP contribution >= 0.6 is 0 Å². The number of rotatable bonds is 71. The molecule has 0 fully saturated rings. The van der Waals surface area contributed by atoms with Gasteiger partial charge in [0.25, 0.3) is 0 Å². The van der Waals surface area contributed by atoms with Crippen LogP contribution in [-0.4, -0.2) is 230 Å². The lowest BCUT2D eigenvalue weighted by atomic mass is 9.78. The molecule has 2 aromatic rings. The number of ketones is 7. The molecule has 0 aliphatic carbocycles. The van der Waals surface area contributed by atoms with Crippen LogP contribution in [0.4, 0.5) is 0 Å². The summed E-state index contributed by atoms with van der Waals surface area (Å²) in [6, 6.07) is 2.65. The van der Waals surface area contributed by atoms with Crippen LogP contribution in [0.15, 0.2) is 54.6 Å². The first-order valence-corrected chi connectivity index (χ1v) is 42.3. The van der Waals surface area contributed by atoms with Crippen LogP contribution < -0.4 is 88.8 Å². The van der Waals surface area contributed by atoms with E-state index in [-0.39, 0.29) is 57.7 Å². The number of Topliss-reactive ketones (excluding diaryl/α,β-unsaturated/α-hetero) is 7. The van der Waals surface area contributed by atoms with Crippen molar-refractivity contribution in [2.45, 2.75) is 236 Å². The van der Waals surface area contributed by atoms with Crippen molar-refractivity contribution in [2.24, 2.45) is 65.0 Å². The predicted octanol–water partition coefficient (Wildman–Crippen LogP) is -4.02. The molecule has 2 aromatic carbocycles. The first kappa shape index (κ1) is 117. The molecule has 0 unspecified atom stereocenters. The fourth-order valence-corrected chi connectivity index (χ4v) is 13.7. The monoisotopic (exact) mass is 1900 g/mol. The fourth-order valence-electron chi connectivity index (χ4n) is 13.7. The van der Waals surface area contributed by atoms with Gasteiger partial charge in [0.1, 0.15) is 58.8 Å². The number of phenolic OH excluding ortho intramolecular Hbond substituents is 1. The summed E-state index contributed by atoms with van der Waals surface area (Å²) in [5.41, 5.74) is 7.56. The molecule has 0 radical (unpaired) electrons. The largest absolute Gasteiger partial charge is 0.508 e. The van der Waals surface area contributed by atoms with Crippen LogP contribution in [0.2, 0.25) is 0 Å². The van der Waals surface area contributed by atoms with Crippen LogP contribution in [0.5, 0.6) is 5.75 Å². The molecular weight excluding hydrogens is 1780 g/mol. The fraction of sp³-hybridized carbons (Fsp3) is 0.573. The molecule has 0 saturated carbocycles. The zero-order valence-corrected chi connectivity index (χ0v) is 73.8. The van der Waals surface area contributed by atoms with Gasteiger partial charge in [-0.2, -0.15) is 29.5 Å². The summed E-state index contributed by atoms with van der Waals surface area (Å²) in [7, 11) is 1.41. The molecule has 11 amide bonds. The van der Waals surface area contributed by atoms with E-state index in [1.165, 1.54) is 65.7 Å². The molecule has 0 heterocycles. The molecule has 2 rings (SSSR count). The Morgan fingerprint density at radius 2 is 0.582 bits per heavy atom. The van der Waals surface area contributed by atoms with Gasteiger partial charge < -0.3 is 75.5 Å². The first-order chi connectivity index (χ1) is 63.7. The number of hydrogen-bond donors (Lipinski definition) is 22. The van der Waals surface area contributed by atoms with Crippen molar-refractivity contribution >= 4 is 135 Å². The number of hydroxylamine groups is 5. The van der Waals surface area contributed by atoms with Crippen LogP contribution in [0.1, 0.15) is 198 Å². The second kappa shape index (κ2) is 65.5. The highest BCUT2D eigenvalue weighted by Gasteiger charge is 2.40. The predicted molar refractivity (Wildman–Crippen MR) is 448 cm³/mol. The van der Waals surface area contributed by atoms with E-state index in [0.29, 0.717) is 11.1 Å². The third kappa shape index (κ3) is 47.4. The van der Waals surface area contributed by atoms with Gasteiger partial charge >= 0.3 is 29.8 Å².